The molecular weight excluding hydrogens is 366 g/mol. The van der Waals surface area contributed by atoms with Crippen molar-refractivity contribution in [1.29, 1.82) is 0 Å². The van der Waals surface area contributed by atoms with Crippen molar-refractivity contribution >= 4 is 11.4 Å². The van der Waals surface area contributed by atoms with Gasteiger partial charge in [0.05, 0.1) is 6.10 Å². The van der Waals surface area contributed by atoms with Gasteiger partial charge in [-0.1, -0.05) is 101 Å². The van der Waals surface area contributed by atoms with Gasteiger partial charge in [0.15, 0.2) is 0 Å². The first-order chi connectivity index (χ1) is 14.8. The number of aliphatic hydroxyl groups excluding tert-OH is 1. The van der Waals surface area contributed by atoms with Crippen LogP contribution in [0.5, 0.6) is 0 Å². The van der Waals surface area contributed by atoms with Crippen LogP contribution in [0, 0.1) is 0 Å². The Hall–Kier alpha value is -1.80. The number of para-hydroxylation sites is 1. The fourth-order valence-electron chi connectivity index (χ4n) is 3.99. The molecular formula is C28H43NO. The number of rotatable bonds is 17. The summed E-state index contributed by atoms with van der Waals surface area (Å²) in [6.45, 7) is 2.23. The number of unbranched alkanes of at least 4 members (excludes halogenated alkanes) is 9. The summed E-state index contributed by atoms with van der Waals surface area (Å²) in [7, 11) is 0. The second-order valence-corrected chi connectivity index (χ2v) is 8.70. The lowest BCUT2D eigenvalue weighted by atomic mass is 10.0. The Bertz CT molecular complexity index is 637. The van der Waals surface area contributed by atoms with Crippen LogP contribution in [0.4, 0.5) is 11.4 Å². The molecule has 0 heterocycles. The minimum absolute atomic E-state index is 0.0591. The number of anilines is 2. The van der Waals surface area contributed by atoms with Crippen molar-refractivity contribution in [3.05, 3.63) is 60.2 Å². The molecule has 2 rings (SSSR count). The summed E-state index contributed by atoms with van der Waals surface area (Å²) >= 11 is 0. The molecule has 0 radical (unpaired) electrons. The van der Waals surface area contributed by atoms with E-state index in [1.165, 1.54) is 82.6 Å². The second-order valence-electron chi connectivity index (χ2n) is 8.70. The monoisotopic (exact) mass is 409 g/mol. The molecule has 0 aromatic heterocycles. The Morgan fingerprint density at radius 3 is 1.80 bits per heavy atom. The molecule has 1 unspecified atom stereocenters. The van der Waals surface area contributed by atoms with Crippen molar-refractivity contribution < 1.29 is 5.11 Å². The van der Waals surface area contributed by atoms with E-state index in [0.717, 1.165) is 24.2 Å². The number of benzene rings is 2. The quantitative estimate of drug-likeness (QED) is 0.257. The number of hydrogen-bond donors (Lipinski definition) is 2. The lowest BCUT2D eigenvalue weighted by Crippen LogP contribution is -2.05. The first kappa shape index (κ1) is 24.5. The largest absolute Gasteiger partial charge is 0.393 e. The average molecular weight is 410 g/mol. The Labute approximate surface area is 185 Å². The van der Waals surface area contributed by atoms with E-state index in [9.17, 15) is 5.11 Å². The van der Waals surface area contributed by atoms with Crippen LogP contribution in [0.3, 0.4) is 0 Å². The number of nitrogens with one attached hydrogen (secondary N) is 1. The Kier molecular flexibility index (Phi) is 13.0. The summed E-state index contributed by atoms with van der Waals surface area (Å²) in [5.41, 5.74) is 3.71. The molecule has 0 saturated heterocycles. The van der Waals surface area contributed by atoms with Crippen molar-refractivity contribution in [1.82, 2.24) is 0 Å². The summed E-state index contributed by atoms with van der Waals surface area (Å²) in [4.78, 5) is 0. The molecule has 0 amide bonds. The zero-order valence-corrected chi connectivity index (χ0v) is 19.1. The van der Waals surface area contributed by atoms with Gasteiger partial charge in [-0.2, -0.15) is 0 Å². The second kappa shape index (κ2) is 16.0. The van der Waals surface area contributed by atoms with Gasteiger partial charge in [-0.25, -0.2) is 0 Å². The summed E-state index contributed by atoms with van der Waals surface area (Å²) in [5, 5.41) is 13.5. The van der Waals surface area contributed by atoms with Crippen LogP contribution in [-0.4, -0.2) is 11.2 Å². The van der Waals surface area contributed by atoms with E-state index in [1.807, 2.05) is 6.07 Å². The molecule has 30 heavy (non-hydrogen) atoms. The zero-order valence-electron chi connectivity index (χ0n) is 19.1. The topological polar surface area (TPSA) is 32.3 Å². The Morgan fingerprint density at radius 1 is 0.633 bits per heavy atom. The molecule has 2 nitrogen and oxygen atoms in total. The first-order valence-corrected chi connectivity index (χ1v) is 12.4. The maximum atomic E-state index is 10.0. The van der Waals surface area contributed by atoms with Crippen LogP contribution in [0.2, 0.25) is 0 Å². The van der Waals surface area contributed by atoms with Gasteiger partial charge < -0.3 is 10.4 Å². The molecule has 2 N–H and O–H groups in total. The molecule has 1 atom stereocenters. The van der Waals surface area contributed by atoms with E-state index in [2.05, 4.69) is 60.8 Å². The van der Waals surface area contributed by atoms with Gasteiger partial charge in [0.1, 0.15) is 0 Å². The van der Waals surface area contributed by atoms with E-state index in [1.54, 1.807) is 0 Å². The van der Waals surface area contributed by atoms with Crippen molar-refractivity contribution in [3.63, 3.8) is 0 Å². The summed E-state index contributed by atoms with van der Waals surface area (Å²) in [6, 6.07) is 19.2. The van der Waals surface area contributed by atoms with E-state index >= 15 is 0 Å². The molecule has 0 aliphatic heterocycles. The molecule has 2 heteroatoms. The van der Waals surface area contributed by atoms with Crippen molar-refractivity contribution in [2.24, 2.45) is 0 Å². The molecule has 2 aromatic carbocycles. The van der Waals surface area contributed by atoms with Gasteiger partial charge >= 0.3 is 0 Å². The van der Waals surface area contributed by atoms with Crippen LogP contribution in [0.15, 0.2) is 54.6 Å². The highest BCUT2D eigenvalue weighted by Gasteiger charge is 2.03. The molecule has 2 aromatic rings. The maximum Gasteiger partial charge on any atom is 0.0540 e. The molecule has 166 valence electrons. The van der Waals surface area contributed by atoms with Gasteiger partial charge in [-0.15, -0.1) is 0 Å². The Balaban J connectivity index is 1.43. The average Bonchev–Trinajstić information content (AvgIpc) is 2.77. The number of aliphatic hydroxyl groups is 1. The predicted molar refractivity (Wildman–Crippen MR) is 132 cm³/mol. The van der Waals surface area contributed by atoms with E-state index in [0.29, 0.717) is 0 Å². The minimum atomic E-state index is -0.0591. The van der Waals surface area contributed by atoms with Crippen LogP contribution in [0.1, 0.15) is 96.0 Å². The van der Waals surface area contributed by atoms with E-state index in [-0.39, 0.29) is 6.10 Å². The summed E-state index contributed by atoms with van der Waals surface area (Å²) in [5.74, 6) is 0. The lowest BCUT2D eigenvalue weighted by molar-refractivity contribution is 0.147. The highest BCUT2D eigenvalue weighted by atomic mass is 16.3. The van der Waals surface area contributed by atoms with Crippen molar-refractivity contribution in [3.8, 4) is 0 Å². The molecule has 0 aliphatic rings. The van der Waals surface area contributed by atoms with Crippen LogP contribution in [0.25, 0.3) is 0 Å². The fourth-order valence-corrected chi connectivity index (χ4v) is 3.99. The highest BCUT2D eigenvalue weighted by molar-refractivity contribution is 5.59. The van der Waals surface area contributed by atoms with Gasteiger partial charge in [-0.05, 0) is 55.5 Å². The normalized spacial score (nSPS) is 12.1. The minimum Gasteiger partial charge on any atom is -0.393 e. The number of hydrogen-bond acceptors (Lipinski definition) is 2. The van der Waals surface area contributed by atoms with Gasteiger partial charge in [0.2, 0.25) is 0 Å². The smallest absolute Gasteiger partial charge is 0.0540 e. The van der Waals surface area contributed by atoms with Crippen LogP contribution in [-0.2, 0) is 6.42 Å². The van der Waals surface area contributed by atoms with Gasteiger partial charge in [-0.3, -0.25) is 0 Å². The third-order valence-electron chi connectivity index (χ3n) is 5.91. The maximum absolute atomic E-state index is 10.0. The van der Waals surface area contributed by atoms with E-state index in [4.69, 9.17) is 0 Å². The molecule has 0 bridgehead atoms. The molecule has 0 fully saturated rings. The zero-order chi connectivity index (χ0) is 21.3. The van der Waals surface area contributed by atoms with Crippen molar-refractivity contribution in [2.45, 2.75) is 103 Å². The molecule has 0 aliphatic carbocycles. The third kappa shape index (κ3) is 11.4. The summed E-state index contributed by atoms with van der Waals surface area (Å²) in [6.07, 6.45) is 17.3. The molecule has 0 spiro atoms. The van der Waals surface area contributed by atoms with Crippen LogP contribution >= 0.6 is 0 Å². The van der Waals surface area contributed by atoms with Crippen LogP contribution < -0.4 is 5.32 Å². The highest BCUT2D eigenvalue weighted by Crippen LogP contribution is 2.18. The van der Waals surface area contributed by atoms with Gasteiger partial charge in [0.25, 0.3) is 0 Å². The van der Waals surface area contributed by atoms with Gasteiger partial charge in [0, 0.05) is 11.4 Å². The summed E-state index contributed by atoms with van der Waals surface area (Å²) < 4.78 is 0. The SMILES string of the molecule is CCCCCCC(O)CCCCCCCCCc1ccc(Nc2ccccc2)cc1. The predicted octanol–water partition coefficient (Wildman–Crippen LogP) is 8.42. The molecule has 0 saturated carbocycles. The Morgan fingerprint density at radius 2 is 1.17 bits per heavy atom. The standard InChI is InChI=1S/C28H43NO/c1-2-3-4-14-19-28(30)20-15-9-7-5-6-8-11-16-25-21-23-27(24-22-25)29-26-17-12-10-13-18-26/h10,12-13,17-18,21-24,28-30H,2-9,11,14-16,19-20H2,1H3. The lowest BCUT2D eigenvalue weighted by Gasteiger charge is -2.10. The van der Waals surface area contributed by atoms with Crippen molar-refractivity contribution in [2.75, 3.05) is 5.32 Å². The van der Waals surface area contributed by atoms with E-state index < -0.39 is 0 Å². The fraction of sp³-hybridized carbons (Fsp3) is 0.571. The third-order valence-corrected chi connectivity index (χ3v) is 5.91. The first-order valence-electron chi connectivity index (χ1n) is 12.4. The number of aryl methyl sites for hydroxylation is 1.